The number of benzene rings is 1. The molecule has 0 bridgehead atoms. The summed E-state index contributed by atoms with van der Waals surface area (Å²) in [5.74, 6) is 0.410. The lowest BCUT2D eigenvalue weighted by atomic mass is 10.4. The maximum atomic E-state index is 12.3. The van der Waals surface area contributed by atoms with Gasteiger partial charge < -0.3 is 0 Å². The minimum absolute atomic E-state index is 0.410. The molecule has 0 aliphatic heterocycles. The molecule has 1 aromatic carbocycles. The summed E-state index contributed by atoms with van der Waals surface area (Å²) >= 11 is 5.90. The topological polar surface area (TPSA) is 47.8 Å². The molecular weight excluding hydrogens is 270 g/mol. The normalized spacial score (nSPS) is 12.6. The van der Waals surface area contributed by atoms with Crippen LogP contribution in [0.4, 0.5) is 0 Å². The van der Waals surface area contributed by atoms with Gasteiger partial charge in [0.05, 0.1) is 27.9 Å². The van der Waals surface area contributed by atoms with Crippen molar-refractivity contribution >= 4 is 22.4 Å². The van der Waals surface area contributed by atoms with Crippen molar-refractivity contribution in [3.8, 4) is 0 Å². The Morgan fingerprint density at radius 2 is 2.22 bits per heavy atom. The van der Waals surface area contributed by atoms with Gasteiger partial charge >= 0.3 is 0 Å². The Balaban J connectivity index is 2.24. The fraction of sp³-hybridized carbons (Fsp3) is 0.333. The minimum Gasteiger partial charge on any atom is -0.254 e. The van der Waals surface area contributed by atoms with Gasteiger partial charge in [0.15, 0.2) is 0 Å². The maximum Gasteiger partial charge on any atom is 0.0838 e. The van der Waals surface area contributed by atoms with Crippen LogP contribution in [0.3, 0.4) is 0 Å². The molecule has 2 aromatic rings. The van der Waals surface area contributed by atoms with E-state index in [1.54, 1.807) is 22.9 Å². The molecule has 1 unspecified atom stereocenters. The highest BCUT2D eigenvalue weighted by atomic mass is 35.5. The first-order chi connectivity index (χ1) is 8.61. The summed E-state index contributed by atoms with van der Waals surface area (Å²) < 4.78 is 14.0. The molecule has 0 amide bonds. The van der Waals surface area contributed by atoms with Crippen LogP contribution >= 0.6 is 11.6 Å². The SMILES string of the molecule is CCn1nnc(C)c1CS(=O)c1cccc(Cl)c1. The standard InChI is InChI=1S/C12H14ClN3OS/c1-3-16-12(9(2)14-15-16)8-18(17)11-6-4-5-10(13)7-11/h4-7H,3,8H2,1-2H3. The van der Waals surface area contributed by atoms with Crippen LogP contribution < -0.4 is 0 Å². The summed E-state index contributed by atoms with van der Waals surface area (Å²) in [4.78, 5) is 0.728. The summed E-state index contributed by atoms with van der Waals surface area (Å²) in [5, 5.41) is 8.61. The molecule has 0 radical (unpaired) electrons. The van der Waals surface area contributed by atoms with Gasteiger partial charge in [-0.2, -0.15) is 0 Å². The number of aromatic nitrogens is 3. The monoisotopic (exact) mass is 283 g/mol. The fourth-order valence-corrected chi connectivity index (χ4v) is 3.19. The van der Waals surface area contributed by atoms with Crippen molar-refractivity contribution in [1.29, 1.82) is 0 Å². The van der Waals surface area contributed by atoms with Gasteiger partial charge in [0, 0.05) is 16.5 Å². The van der Waals surface area contributed by atoms with Gasteiger partial charge in [-0.1, -0.05) is 22.9 Å². The molecule has 0 spiro atoms. The molecule has 0 N–H and O–H groups in total. The highest BCUT2D eigenvalue weighted by molar-refractivity contribution is 7.84. The molecule has 6 heteroatoms. The Kier molecular flexibility index (Phi) is 4.14. The Hall–Kier alpha value is -1.20. The van der Waals surface area contributed by atoms with E-state index in [-0.39, 0.29) is 0 Å². The van der Waals surface area contributed by atoms with Gasteiger partial charge in [-0.05, 0) is 32.0 Å². The zero-order valence-corrected chi connectivity index (χ0v) is 11.8. The number of nitrogens with zero attached hydrogens (tertiary/aromatic N) is 3. The average molecular weight is 284 g/mol. The molecule has 2 rings (SSSR count). The lowest BCUT2D eigenvalue weighted by Crippen LogP contribution is -2.07. The second-order valence-corrected chi connectivity index (χ2v) is 5.77. The zero-order valence-electron chi connectivity index (χ0n) is 10.3. The smallest absolute Gasteiger partial charge is 0.0838 e. The molecular formula is C12H14ClN3OS. The van der Waals surface area contributed by atoms with E-state index >= 15 is 0 Å². The van der Waals surface area contributed by atoms with E-state index < -0.39 is 10.8 Å². The first-order valence-corrected chi connectivity index (χ1v) is 7.34. The Morgan fingerprint density at radius 1 is 1.44 bits per heavy atom. The molecule has 1 atom stereocenters. The summed E-state index contributed by atoms with van der Waals surface area (Å²) in [5.41, 5.74) is 1.74. The molecule has 4 nitrogen and oxygen atoms in total. The number of hydrogen-bond donors (Lipinski definition) is 0. The van der Waals surface area contributed by atoms with Crippen molar-refractivity contribution in [1.82, 2.24) is 15.0 Å². The maximum absolute atomic E-state index is 12.3. The van der Waals surface area contributed by atoms with Crippen LogP contribution in [0.5, 0.6) is 0 Å². The Labute approximate surface area is 113 Å². The zero-order chi connectivity index (χ0) is 13.1. The van der Waals surface area contributed by atoms with E-state index in [4.69, 9.17) is 11.6 Å². The highest BCUT2D eigenvalue weighted by Gasteiger charge is 2.13. The molecule has 1 aromatic heterocycles. The lowest BCUT2D eigenvalue weighted by molar-refractivity contribution is 0.606. The molecule has 0 aliphatic rings. The van der Waals surface area contributed by atoms with E-state index in [1.165, 1.54) is 0 Å². The summed E-state index contributed by atoms with van der Waals surface area (Å²) in [6.07, 6.45) is 0. The van der Waals surface area contributed by atoms with E-state index in [1.807, 2.05) is 19.9 Å². The van der Waals surface area contributed by atoms with Gasteiger partial charge in [-0.3, -0.25) is 4.21 Å². The van der Waals surface area contributed by atoms with Gasteiger partial charge in [0.1, 0.15) is 0 Å². The van der Waals surface area contributed by atoms with Crippen LogP contribution in [0.25, 0.3) is 0 Å². The second-order valence-electron chi connectivity index (χ2n) is 3.88. The number of halogens is 1. The van der Waals surface area contributed by atoms with Gasteiger partial charge in [-0.25, -0.2) is 4.68 Å². The summed E-state index contributed by atoms with van der Waals surface area (Å²) in [6, 6.07) is 7.12. The van der Waals surface area contributed by atoms with E-state index in [0.29, 0.717) is 10.8 Å². The van der Waals surface area contributed by atoms with Crippen LogP contribution in [0.1, 0.15) is 18.3 Å². The molecule has 0 saturated carbocycles. The third-order valence-corrected chi connectivity index (χ3v) is 4.21. The van der Waals surface area contributed by atoms with Crippen molar-refractivity contribution in [3.05, 3.63) is 40.7 Å². The Bertz CT molecular complexity index is 582. The van der Waals surface area contributed by atoms with Crippen LogP contribution in [0.15, 0.2) is 29.2 Å². The fourth-order valence-electron chi connectivity index (χ4n) is 1.67. The van der Waals surface area contributed by atoms with Crippen molar-refractivity contribution < 1.29 is 4.21 Å². The van der Waals surface area contributed by atoms with E-state index in [0.717, 1.165) is 22.8 Å². The van der Waals surface area contributed by atoms with Crippen molar-refractivity contribution in [2.24, 2.45) is 0 Å². The van der Waals surface area contributed by atoms with E-state index in [9.17, 15) is 4.21 Å². The van der Waals surface area contributed by atoms with E-state index in [2.05, 4.69) is 10.3 Å². The second kappa shape index (κ2) is 5.63. The minimum atomic E-state index is -1.13. The van der Waals surface area contributed by atoms with Crippen LogP contribution in [0, 0.1) is 6.92 Å². The molecule has 0 aliphatic carbocycles. The summed E-state index contributed by atoms with van der Waals surface area (Å²) in [7, 11) is -1.13. The third-order valence-electron chi connectivity index (χ3n) is 2.66. The largest absolute Gasteiger partial charge is 0.254 e. The number of rotatable bonds is 4. The van der Waals surface area contributed by atoms with Crippen LogP contribution in [-0.2, 0) is 23.1 Å². The number of hydrogen-bond acceptors (Lipinski definition) is 3. The molecule has 96 valence electrons. The lowest BCUT2D eigenvalue weighted by Gasteiger charge is -2.05. The summed E-state index contributed by atoms with van der Waals surface area (Å²) in [6.45, 7) is 4.59. The predicted molar refractivity (Wildman–Crippen MR) is 72.0 cm³/mol. The third kappa shape index (κ3) is 2.79. The molecule has 0 fully saturated rings. The van der Waals surface area contributed by atoms with Gasteiger partial charge in [-0.15, -0.1) is 5.10 Å². The molecule has 18 heavy (non-hydrogen) atoms. The van der Waals surface area contributed by atoms with Crippen molar-refractivity contribution in [2.75, 3.05) is 0 Å². The Morgan fingerprint density at radius 3 is 2.89 bits per heavy atom. The average Bonchev–Trinajstić information content (AvgIpc) is 2.70. The van der Waals surface area contributed by atoms with Crippen molar-refractivity contribution in [2.45, 2.75) is 31.0 Å². The number of aryl methyl sites for hydroxylation is 2. The quantitative estimate of drug-likeness (QED) is 0.866. The van der Waals surface area contributed by atoms with Gasteiger partial charge in [0.25, 0.3) is 0 Å². The first kappa shape index (κ1) is 13.2. The molecule has 1 heterocycles. The van der Waals surface area contributed by atoms with Gasteiger partial charge in [0.2, 0.25) is 0 Å². The van der Waals surface area contributed by atoms with Crippen molar-refractivity contribution in [3.63, 3.8) is 0 Å². The predicted octanol–water partition coefficient (Wildman–Crippen LogP) is 2.57. The van der Waals surface area contributed by atoms with Crippen LogP contribution in [-0.4, -0.2) is 19.2 Å². The highest BCUT2D eigenvalue weighted by Crippen LogP contribution is 2.17. The van der Waals surface area contributed by atoms with Crippen LogP contribution in [0.2, 0.25) is 5.02 Å². The molecule has 0 saturated heterocycles. The first-order valence-electron chi connectivity index (χ1n) is 5.64.